The van der Waals surface area contributed by atoms with Gasteiger partial charge in [-0.3, -0.25) is 14.9 Å². The van der Waals surface area contributed by atoms with Gasteiger partial charge in [-0.25, -0.2) is 4.39 Å². The zero-order valence-electron chi connectivity index (χ0n) is 22.3. The third-order valence-corrected chi connectivity index (χ3v) is 6.94. The first-order valence-corrected chi connectivity index (χ1v) is 13.6. The van der Waals surface area contributed by atoms with Crippen molar-refractivity contribution in [2.24, 2.45) is 0 Å². The van der Waals surface area contributed by atoms with Gasteiger partial charge in [0.05, 0.1) is 5.56 Å². The summed E-state index contributed by atoms with van der Waals surface area (Å²) in [7, 11) is 0. The number of nitrogens with one attached hydrogen (secondary N) is 2. The smallest absolute Gasteiger partial charge is 0.257 e. The number of hydrogen-bond donors (Lipinski definition) is 2. The molecular weight excluding hydrogens is 539 g/mol. The minimum atomic E-state index is -0.501. The second-order valence-electron chi connectivity index (χ2n) is 9.52. The van der Waals surface area contributed by atoms with E-state index in [9.17, 15) is 14.0 Å². The van der Waals surface area contributed by atoms with Crippen molar-refractivity contribution in [3.05, 3.63) is 126 Å². The molecule has 0 spiro atoms. The maximum atomic E-state index is 14.0. The molecule has 0 unspecified atom stereocenters. The van der Waals surface area contributed by atoms with E-state index in [0.29, 0.717) is 44.1 Å². The van der Waals surface area contributed by atoms with E-state index in [2.05, 4.69) is 15.5 Å². The van der Waals surface area contributed by atoms with E-state index in [1.807, 2.05) is 54.6 Å². The minimum Gasteiger partial charge on any atom is -0.489 e. The lowest BCUT2D eigenvalue weighted by molar-refractivity contribution is 0.0742. The molecule has 1 heterocycles. The van der Waals surface area contributed by atoms with Crippen molar-refractivity contribution in [1.29, 1.82) is 0 Å². The third-order valence-electron chi connectivity index (χ3n) is 6.73. The van der Waals surface area contributed by atoms with E-state index in [0.717, 1.165) is 16.9 Å². The normalized spacial score (nSPS) is 12.9. The maximum absolute atomic E-state index is 14.0. The van der Waals surface area contributed by atoms with Gasteiger partial charge in [0.1, 0.15) is 18.2 Å². The Balaban J connectivity index is 1.10. The number of piperazine rings is 1. The predicted molar refractivity (Wildman–Crippen MR) is 162 cm³/mol. The number of benzene rings is 4. The van der Waals surface area contributed by atoms with Crippen LogP contribution in [0.1, 0.15) is 26.3 Å². The van der Waals surface area contributed by atoms with Crippen LogP contribution in [-0.2, 0) is 6.61 Å². The van der Waals surface area contributed by atoms with Crippen molar-refractivity contribution >= 4 is 40.5 Å². The molecule has 7 nitrogen and oxygen atoms in total. The Morgan fingerprint density at radius 1 is 0.829 bits per heavy atom. The molecule has 1 aliphatic heterocycles. The van der Waals surface area contributed by atoms with Crippen molar-refractivity contribution < 1.29 is 18.7 Å². The number of anilines is 2. The largest absolute Gasteiger partial charge is 0.489 e. The lowest BCUT2D eigenvalue weighted by atomic mass is 10.1. The Morgan fingerprint density at radius 2 is 1.54 bits per heavy atom. The van der Waals surface area contributed by atoms with Gasteiger partial charge in [0.25, 0.3) is 11.8 Å². The molecule has 41 heavy (non-hydrogen) atoms. The van der Waals surface area contributed by atoms with Crippen LogP contribution < -0.4 is 20.3 Å². The predicted octanol–water partition coefficient (Wildman–Crippen LogP) is 5.49. The van der Waals surface area contributed by atoms with Crippen LogP contribution in [0.15, 0.2) is 103 Å². The van der Waals surface area contributed by atoms with Gasteiger partial charge in [-0.2, -0.15) is 0 Å². The number of thiocarbonyl (C=S) groups is 1. The molecule has 2 N–H and O–H groups in total. The van der Waals surface area contributed by atoms with Crippen molar-refractivity contribution in [3.63, 3.8) is 0 Å². The van der Waals surface area contributed by atoms with Crippen LogP contribution in [0.25, 0.3) is 0 Å². The van der Waals surface area contributed by atoms with E-state index in [1.165, 1.54) is 12.1 Å². The Hall–Kier alpha value is -4.76. The van der Waals surface area contributed by atoms with Crippen molar-refractivity contribution in [2.75, 3.05) is 36.4 Å². The highest BCUT2D eigenvalue weighted by Crippen LogP contribution is 2.21. The molecule has 9 heteroatoms. The maximum Gasteiger partial charge on any atom is 0.257 e. The summed E-state index contributed by atoms with van der Waals surface area (Å²) in [6.45, 7) is 2.68. The fraction of sp³-hybridized carbons (Fsp3) is 0.156. The Labute approximate surface area is 243 Å². The average Bonchev–Trinajstić information content (AvgIpc) is 3.01. The van der Waals surface area contributed by atoms with E-state index >= 15 is 0 Å². The Kier molecular flexibility index (Phi) is 8.85. The second-order valence-corrected chi connectivity index (χ2v) is 9.92. The molecular formula is C32H29FN4O3S. The summed E-state index contributed by atoms with van der Waals surface area (Å²) in [4.78, 5) is 29.3. The second kappa shape index (κ2) is 13.1. The molecule has 1 aliphatic rings. The standard InChI is InChI=1S/C32H29FN4O3S/c33-29-12-5-4-11-28(29)31(39)37-19-17-36(18-20-37)26-15-13-25(14-16-26)34-32(41)35-30(38)24-9-6-10-27(21-24)40-22-23-7-2-1-3-8-23/h1-16,21H,17-20,22H2,(H2,34,35,38,41). The van der Waals surface area contributed by atoms with Crippen molar-refractivity contribution in [3.8, 4) is 5.75 Å². The third kappa shape index (κ3) is 7.26. The molecule has 2 amide bonds. The lowest BCUT2D eigenvalue weighted by Crippen LogP contribution is -2.49. The van der Waals surface area contributed by atoms with Gasteiger partial charge in [-0.15, -0.1) is 0 Å². The van der Waals surface area contributed by atoms with E-state index < -0.39 is 5.82 Å². The molecule has 0 radical (unpaired) electrons. The molecule has 1 fully saturated rings. The first-order chi connectivity index (χ1) is 20.0. The monoisotopic (exact) mass is 568 g/mol. The van der Waals surface area contributed by atoms with Crippen LogP contribution in [-0.4, -0.2) is 48.0 Å². The Morgan fingerprint density at radius 3 is 2.27 bits per heavy atom. The number of carbonyl (C=O) groups excluding carboxylic acids is 2. The molecule has 208 valence electrons. The van der Waals surface area contributed by atoms with Crippen LogP contribution >= 0.6 is 12.2 Å². The van der Waals surface area contributed by atoms with Crippen LogP contribution in [0.4, 0.5) is 15.8 Å². The fourth-order valence-electron chi connectivity index (χ4n) is 4.53. The summed E-state index contributed by atoms with van der Waals surface area (Å²) in [5, 5.41) is 5.93. The van der Waals surface area contributed by atoms with Crippen LogP contribution in [0.2, 0.25) is 0 Å². The fourth-order valence-corrected chi connectivity index (χ4v) is 4.74. The zero-order valence-corrected chi connectivity index (χ0v) is 23.1. The molecule has 1 saturated heterocycles. The van der Waals surface area contributed by atoms with Gasteiger partial charge in [0, 0.05) is 43.1 Å². The highest BCUT2D eigenvalue weighted by molar-refractivity contribution is 7.80. The summed E-state index contributed by atoms with van der Waals surface area (Å²) < 4.78 is 19.8. The van der Waals surface area contributed by atoms with Gasteiger partial charge in [-0.05, 0) is 72.4 Å². The van der Waals surface area contributed by atoms with Gasteiger partial charge in [0.15, 0.2) is 5.11 Å². The van der Waals surface area contributed by atoms with Crippen molar-refractivity contribution in [2.45, 2.75) is 6.61 Å². The van der Waals surface area contributed by atoms with Gasteiger partial charge in [0.2, 0.25) is 0 Å². The number of carbonyl (C=O) groups is 2. The highest BCUT2D eigenvalue weighted by atomic mass is 32.1. The summed E-state index contributed by atoms with van der Waals surface area (Å²) >= 11 is 5.36. The number of ether oxygens (including phenoxy) is 1. The minimum absolute atomic E-state index is 0.100. The summed E-state index contributed by atoms with van der Waals surface area (Å²) in [6.07, 6.45) is 0. The molecule has 0 saturated carbocycles. The van der Waals surface area contributed by atoms with E-state index in [1.54, 1.807) is 41.3 Å². The highest BCUT2D eigenvalue weighted by Gasteiger charge is 2.24. The molecule has 5 rings (SSSR count). The topological polar surface area (TPSA) is 73.9 Å². The molecule has 4 aromatic rings. The molecule has 4 aromatic carbocycles. The quantitative estimate of drug-likeness (QED) is 0.287. The number of amides is 2. The van der Waals surface area contributed by atoms with Crippen LogP contribution in [0.5, 0.6) is 5.75 Å². The lowest BCUT2D eigenvalue weighted by Gasteiger charge is -2.36. The molecule has 0 bridgehead atoms. The average molecular weight is 569 g/mol. The number of hydrogen-bond acceptors (Lipinski definition) is 5. The molecule has 0 aliphatic carbocycles. The zero-order chi connectivity index (χ0) is 28.6. The number of halogens is 1. The Bertz CT molecular complexity index is 1520. The first kappa shape index (κ1) is 27.8. The van der Waals surface area contributed by atoms with Crippen LogP contribution in [0, 0.1) is 5.82 Å². The van der Waals surface area contributed by atoms with E-state index in [-0.39, 0.29) is 22.5 Å². The molecule has 0 aromatic heterocycles. The van der Waals surface area contributed by atoms with Gasteiger partial charge < -0.3 is 19.9 Å². The number of rotatable bonds is 7. The van der Waals surface area contributed by atoms with Gasteiger partial charge >= 0.3 is 0 Å². The van der Waals surface area contributed by atoms with Gasteiger partial charge in [-0.1, -0.05) is 48.5 Å². The van der Waals surface area contributed by atoms with Crippen molar-refractivity contribution in [1.82, 2.24) is 10.2 Å². The SMILES string of the molecule is O=C(NC(=S)Nc1ccc(N2CCN(C(=O)c3ccccc3F)CC2)cc1)c1cccc(OCc2ccccc2)c1. The number of nitrogens with zero attached hydrogens (tertiary/aromatic N) is 2. The molecule has 0 atom stereocenters. The summed E-state index contributed by atoms with van der Waals surface area (Å²) in [6, 6.07) is 30.5. The van der Waals surface area contributed by atoms with Crippen LogP contribution in [0.3, 0.4) is 0 Å². The summed E-state index contributed by atoms with van der Waals surface area (Å²) in [5.41, 5.74) is 3.30. The van der Waals surface area contributed by atoms with E-state index in [4.69, 9.17) is 17.0 Å². The summed E-state index contributed by atoms with van der Waals surface area (Å²) in [5.74, 6) is -0.539. The first-order valence-electron chi connectivity index (χ1n) is 13.2.